The number of benzene rings is 1. The fourth-order valence-electron chi connectivity index (χ4n) is 2.76. The van der Waals surface area contributed by atoms with Gasteiger partial charge in [-0.2, -0.15) is 0 Å². The van der Waals surface area contributed by atoms with E-state index in [2.05, 4.69) is 5.32 Å². The van der Waals surface area contributed by atoms with Crippen molar-refractivity contribution in [3.63, 3.8) is 0 Å². The lowest BCUT2D eigenvalue weighted by molar-refractivity contribution is -0.143. The number of aliphatic carboxylic acids is 1. The summed E-state index contributed by atoms with van der Waals surface area (Å²) < 4.78 is 10.8. The molecule has 1 aliphatic heterocycles. The third-order valence-electron chi connectivity index (χ3n) is 4.39. The normalized spacial score (nSPS) is 16.2. The van der Waals surface area contributed by atoms with Gasteiger partial charge in [-0.15, -0.1) is 0 Å². The Balaban J connectivity index is 2.05. The molecule has 0 bridgehead atoms. The summed E-state index contributed by atoms with van der Waals surface area (Å²) in [7, 11) is 3.07. The van der Waals surface area contributed by atoms with Crippen LogP contribution in [0, 0.1) is 5.92 Å². The van der Waals surface area contributed by atoms with Crippen LogP contribution in [0.1, 0.15) is 25.8 Å². The van der Waals surface area contributed by atoms with Gasteiger partial charge in [-0.3, -0.25) is 14.5 Å². The Morgan fingerprint density at radius 2 is 1.93 bits per heavy atom. The molecular formula is C20H24N2O6S2. The standard InChI is InChI=1S/C20H24N2O6S2/c1-11(2)17(19(25)26)21-16(23)7-8-22-18(24)15(30-20(22)29)10-12-5-6-13(27-3)14(9-12)28-4/h5-6,9-11,17H,7-8H2,1-4H3,(H,21,23)(H,25,26)/b15-10-. The van der Waals surface area contributed by atoms with Crippen LogP contribution < -0.4 is 14.8 Å². The van der Waals surface area contributed by atoms with Gasteiger partial charge in [-0.1, -0.05) is 43.9 Å². The minimum absolute atomic E-state index is 0.0490. The fraction of sp³-hybridized carbons (Fsp3) is 0.400. The number of nitrogens with zero attached hydrogens (tertiary/aromatic N) is 1. The van der Waals surface area contributed by atoms with Gasteiger partial charge in [0.15, 0.2) is 11.5 Å². The number of hydrogen-bond acceptors (Lipinski definition) is 7. The van der Waals surface area contributed by atoms with Gasteiger partial charge in [-0.25, -0.2) is 4.79 Å². The Kier molecular flexibility index (Phi) is 8.24. The van der Waals surface area contributed by atoms with E-state index in [1.807, 2.05) is 0 Å². The maximum Gasteiger partial charge on any atom is 0.326 e. The van der Waals surface area contributed by atoms with Gasteiger partial charge in [0, 0.05) is 13.0 Å². The number of carbonyl (C=O) groups excluding carboxylic acids is 2. The summed E-state index contributed by atoms with van der Waals surface area (Å²) in [6.07, 6.45) is 1.65. The molecule has 0 saturated carbocycles. The van der Waals surface area contributed by atoms with Crippen molar-refractivity contribution >= 4 is 52.2 Å². The molecule has 0 aromatic heterocycles. The first-order valence-electron chi connectivity index (χ1n) is 9.17. The molecule has 1 aromatic carbocycles. The summed E-state index contributed by atoms with van der Waals surface area (Å²) in [5, 5.41) is 11.7. The number of thioether (sulfide) groups is 1. The Hall–Kier alpha value is -2.59. The maximum absolute atomic E-state index is 12.7. The zero-order chi connectivity index (χ0) is 22.4. The number of nitrogens with one attached hydrogen (secondary N) is 1. The number of thiocarbonyl (C=S) groups is 1. The monoisotopic (exact) mass is 452 g/mol. The third-order valence-corrected chi connectivity index (χ3v) is 5.77. The Labute approximate surface area is 184 Å². The van der Waals surface area contributed by atoms with Crippen LogP contribution in [-0.2, 0) is 14.4 Å². The molecule has 0 radical (unpaired) electrons. The molecule has 1 heterocycles. The summed E-state index contributed by atoms with van der Waals surface area (Å²) >= 11 is 6.43. The molecular weight excluding hydrogens is 428 g/mol. The molecule has 2 amide bonds. The van der Waals surface area contributed by atoms with Crippen molar-refractivity contribution in [1.82, 2.24) is 10.2 Å². The number of carboxylic acids is 1. The lowest BCUT2D eigenvalue weighted by Crippen LogP contribution is -2.45. The molecule has 1 aromatic rings. The largest absolute Gasteiger partial charge is 0.493 e. The smallest absolute Gasteiger partial charge is 0.326 e. The second kappa shape index (κ2) is 10.4. The van der Waals surface area contributed by atoms with Crippen molar-refractivity contribution in [3.8, 4) is 11.5 Å². The van der Waals surface area contributed by atoms with E-state index in [-0.39, 0.29) is 24.8 Å². The number of rotatable bonds is 9. The summed E-state index contributed by atoms with van der Waals surface area (Å²) in [5.74, 6) is -0.986. The quantitative estimate of drug-likeness (QED) is 0.435. The Morgan fingerprint density at radius 3 is 2.50 bits per heavy atom. The number of methoxy groups -OCH3 is 2. The van der Waals surface area contributed by atoms with E-state index in [0.717, 1.165) is 17.3 Å². The van der Waals surface area contributed by atoms with Crippen LogP contribution in [0.15, 0.2) is 23.1 Å². The number of carbonyl (C=O) groups is 3. The number of ether oxygens (including phenoxy) is 2. The van der Waals surface area contributed by atoms with E-state index in [0.29, 0.717) is 20.7 Å². The minimum Gasteiger partial charge on any atom is -0.493 e. The molecule has 0 aliphatic carbocycles. The lowest BCUT2D eigenvalue weighted by Gasteiger charge is -2.19. The number of amides is 2. The van der Waals surface area contributed by atoms with Gasteiger partial charge in [-0.05, 0) is 29.7 Å². The highest BCUT2D eigenvalue weighted by molar-refractivity contribution is 8.26. The SMILES string of the molecule is COc1ccc(/C=C2\SC(=S)N(CCC(=O)NC(C(=O)O)C(C)C)C2=O)cc1OC. The first-order valence-corrected chi connectivity index (χ1v) is 10.4. The van der Waals surface area contributed by atoms with E-state index in [1.54, 1.807) is 45.2 Å². The lowest BCUT2D eigenvalue weighted by atomic mass is 10.0. The van der Waals surface area contributed by atoms with Crippen molar-refractivity contribution in [3.05, 3.63) is 28.7 Å². The van der Waals surface area contributed by atoms with Crippen LogP contribution in [0.4, 0.5) is 0 Å². The van der Waals surface area contributed by atoms with E-state index in [9.17, 15) is 19.5 Å². The van der Waals surface area contributed by atoms with Crippen LogP contribution in [-0.4, -0.2) is 58.9 Å². The summed E-state index contributed by atoms with van der Waals surface area (Å²) in [5.41, 5.74) is 0.743. The Bertz CT molecular complexity index is 884. The first kappa shape index (κ1) is 23.7. The van der Waals surface area contributed by atoms with E-state index in [1.165, 1.54) is 12.0 Å². The zero-order valence-corrected chi connectivity index (χ0v) is 18.8. The first-order chi connectivity index (χ1) is 14.2. The van der Waals surface area contributed by atoms with Gasteiger partial charge in [0.25, 0.3) is 5.91 Å². The zero-order valence-electron chi connectivity index (χ0n) is 17.1. The highest BCUT2D eigenvalue weighted by Gasteiger charge is 2.32. The van der Waals surface area contributed by atoms with Crippen molar-refractivity contribution in [2.24, 2.45) is 5.92 Å². The molecule has 10 heteroatoms. The summed E-state index contributed by atoms with van der Waals surface area (Å²) in [4.78, 5) is 37.8. The molecule has 1 atom stereocenters. The van der Waals surface area contributed by atoms with E-state index in [4.69, 9.17) is 21.7 Å². The Morgan fingerprint density at radius 1 is 1.27 bits per heavy atom. The second-order valence-electron chi connectivity index (χ2n) is 6.83. The molecule has 162 valence electrons. The predicted molar refractivity (Wildman–Crippen MR) is 118 cm³/mol. The van der Waals surface area contributed by atoms with E-state index >= 15 is 0 Å². The number of carboxylic acid groups (broad SMARTS) is 1. The van der Waals surface area contributed by atoms with Gasteiger partial charge in [0.05, 0.1) is 19.1 Å². The molecule has 1 saturated heterocycles. The van der Waals surface area contributed by atoms with Gasteiger partial charge in [0.2, 0.25) is 5.91 Å². The van der Waals surface area contributed by atoms with Crippen molar-refractivity contribution < 1.29 is 29.0 Å². The average Bonchev–Trinajstić information content (AvgIpc) is 2.96. The highest BCUT2D eigenvalue weighted by Crippen LogP contribution is 2.34. The summed E-state index contributed by atoms with van der Waals surface area (Å²) in [6, 6.07) is 4.30. The fourth-order valence-corrected chi connectivity index (χ4v) is 4.07. The van der Waals surface area contributed by atoms with E-state index < -0.39 is 17.9 Å². The molecule has 2 N–H and O–H groups in total. The van der Waals surface area contributed by atoms with Crippen LogP contribution in [0.2, 0.25) is 0 Å². The van der Waals surface area contributed by atoms with Crippen molar-refractivity contribution in [1.29, 1.82) is 0 Å². The van der Waals surface area contributed by atoms with Crippen LogP contribution in [0.3, 0.4) is 0 Å². The molecule has 2 rings (SSSR count). The van der Waals surface area contributed by atoms with Crippen LogP contribution in [0.5, 0.6) is 11.5 Å². The van der Waals surface area contributed by atoms with Gasteiger partial charge in [0.1, 0.15) is 10.4 Å². The topological polar surface area (TPSA) is 105 Å². The maximum atomic E-state index is 12.7. The molecule has 1 fully saturated rings. The second-order valence-corrected chi connectivity index (χ2v) is 8.50. The number of hydrogen-bond donors (Lipinski definition) is 2. The van der Waals surface area contributed by atoms with Gasteiger partial charge < -0.3 is 19.9 Å². The molecule has 30 heavy (non-hydrogen) atoms. The highest BCUT2D eigenvalue weighted by atomic mass is 32.2. The third kappa shape index (κ3) is 5.73. The molecule has 1 aliphatic rings. The van der Waals surface area contributed by atoms with Crippen LogP contribution >= 0.6 is 24.0 Å². The predicted octanol–water partition coefficient (Wildman–Crippen LogP) is 2.52. The minimum atomic E-state index is -1.10. The van der Waals surface area contributed by atoms with Crippen molar-refractivity contribution in [2.75, 3.05) is 20.8 Å². The summed E-state index contributed by atoms with van der Waals surface area (Å²) in [6.45, 7) is 3.49. The molecule has 1 unspecified atom stereocenters. The van der Waals surface area contributed by atoms with Gasteiger partial charge >= 0.3 is 5.97 Å². The molecule has 8 nitrogen and oxygen atoms in total. The molecule has 0 spiro atoms. The average molecular weight is 453 g/mol. The van der Waals surface area contributed by atoms with Crippen molar-refractivity contribution in [2.45, 2.75) is 26.3 Å². The van der Waals surface area contributed by atoms with Crippen LogP contribution in [0.25, 0.3) is 6.08 Å².